The number of hydrogen-bond donors (Lipinski definition) is 1. The van der Waals surface area contributed by atoms with Crippen LogP contribution in [0.4, 0.5) is 5.13 Å². The molecule has 1 aliphatic rings. The first-order valence-electron chi connectivity index (χ1n) is 10.3. The van der Waals surface area contributed by atoms with Gasteiger partial charge in [-0.15, -0.1) is 10.2 Å². The highest BCUT2D eigenvalue weighted by Crippen LogP contribution is 2.29. The van der Waals surface area contributed by atoms with E-state index in [9.17, 15) is 13.2 Å². The van der Waals surface area contributed by atoms with E-state index in [1.807, 2.05) is 24.3 Å². The monoisotopic (exact) mass is 506 g/mol. The van der Waals surface area contributed by atoms with Crippen LogP contribution in [-0.2, 0) is 20.6 Å². The Bertz CT molecular complexity index is 1220. The maximum Gasteiger partial charge on any atom is 0.229 e. The smallest absolute Gasteiger partial charge is 0.229 e. The molecule has 0 unspecified atom stereocenters. The molecule has 0 saturated carbocycles. The molecule has 2 aromatic carbocycles. The van der Waals surface area contributed by atoms with Crippen LogP contribution in [0.1, 0.15) is 18.4 Å². The predicted octanol–water partition coefficient (Wildman–Crippen LogP) is 4.05. The molecule has 1 aliphatic heterocycles. The van der Waals surface area contributed by atoms with Gasteiger partial charge in [0, 0.05) is 29.6 Å². The van der Waals surface area contributed by atoms with Gasteiger partial charge in [0.2, 0.25) is 21.1 Å². The molecule has 3 aromatic rings. The van der Waals surface area contributed by atoms with Crippen molar-refractivity contribution >= 4 is 44.0 Å². The second-order valence-electron chi connectivity index (χ2n) is 7.69. The summed E-state index contributed by atoms with van der Waals surface area (Å²) in [7, 11) is -1.88. The summed E-state index contributed by atoms with van der Waals surface area (Å²) in [5.41, 5.74) is 1.53. The molecule has 4 rings (SSSR count). The second kappa shape index (κ2) is 10.2. The zero-order valence-corrected chi connectivity index (χ0v) is 20.3. The normalized spacial score (nSPS) is 15.3. The number of piperidine rings is 1. The van der Waals surface area contributed by atoms with E-state index < -0.39 is 10.0 Å². The first kappa shape index (κ1) is 23.6. The number of ether oxygens (including phenoxy) is 1. The minimum Gasteiger partial charge on any atom is -0.497 e. The number of benzene rings is 2. The van der Waals surface area contributed by atoms with Gasteiger partial charge < -0.3 is 10.1 Å². The lowest BCUT2D eigenvalue weighted by atomic mass is 9.97. The largest absolute Gasteiger partial charge is 0.497 e. The van der Waals surface area contributed by atoms with Gasteiger partial charge in [-0.3, -0.25) is 4.79 Å². The summed E-state index contributed by atoms with van der Waals surface area (Å²) in [4.78, 5) is 12.7. The third kappa shape index (κ3) is 5.89. The Morgan fingerprint density at radius 2 is 1.91 bits per heavy atom. The summed E-state index contributed by atoms with van der Waals surface area (Å²) in [6, 6.07) is 14.3. The second-order valence-corrected chi connectivity index (χ2v) is 11.1. The van der Waals surface area contributed by atoms with E-state index in [4.69, 9.17) is 16.3 Å². The van der Waals surface area contributed by atoms with Gasteiger partial charge in [0.1, 0.15) is 10.8 Å². The van der Waals surface area contributed by atoms with Crippen molar-refractivity contribution in [1.29, 1.82) is 0 Å². The van der Waals surface area contributed by atoms with Crippen LogP contribution in [0.5, 0.6) is 5.75 Å². The van der Waals surface area contributed by atoms with Crippen LogP contribution in [0.3, 0.4) is 0 Å². The Kier molecular flexibility index (Phi) is 7.28. The molecule has 1 fully saturated rings. The summed E-state index contributed by atoms with van der Waals surface area (Å²) in [6.07, 6.45) is 0.898. The number of anilines is 1. The third-order valence-corrected chi connectivity index (χ3v) is 8.42. The van der Waals surface area contributed by atoms with Gasteiger partial charge >= 0.3 is 0 Å². The standard InChI is InChI=1S/C22H23ClN4O4S2/c1-31-19-7-5-17(6-8-19)21-25-26-22(32-21)24-20(28)16-9-11-27(12-10-16)33(29,30)14-15-3-2-4-18(23)13-15/h2-8,13,16H,9-12,14H2,1H3,(H,24,26,28). The van der Waals surface area contributed by atoms with E-state index in [1.54, 1.807) is 31.4 Å². The third-order valence-electron chi connectivity index (χ3n) is 5.45. The van der Waals surface area contributed by atoms with Crippen molar-refractivity contribution in [1.82, 2.24) is 14.5 Å². The highest BCUT2D eigenvalue weighted by molar-refractivity contribution is 7.88. The van der Waals surface area contributed by atoms with Crippen molar-refractivity contribution in [2.24, 2.45) is 5.92 Å². The SMILES string of the molecule is COc1ccc(-c2nnc(NC(=O)C3CCN(S(=O)(=O)Cc4cccc(Cl)c4)CC3)s2)cc1. The molecule has 11 heteroatoms. The van der Waals surface area contributed by atoms with E-state index >= 15 is 0 Å². The van der Waals surface area contributed by atoms with E-state index in [1.165, 1.54) is 15.6 Å². The highest BCUT2D eigenvalue weighted by atomic mass is 35.5. The van der Waals surface area contributed by atoms with Crippen LogP contribution in [-0.4, -0.2) is 49.0 Å². The van der Waals surface area contributed by atoms with Crippen molar-refractivity contribution in [2.45, 2.75) is 18.6 Å². The number of carbonyl (C=O) groups is 1. The molecule has 0 atom stereocenters. The first-order valence-corrected chi connectivity index (χ1v) is 13.2. The summed E-state index contributed by atoms with van der Waals surface area (Å²) < 4.78 is 32.1. The fourth-order valence-electron chi connectivity index (χ4n) is 3.66. The number of hydrogen-bond acceptors (Lipinski definition) is 7. The number of rotatable bonds is 7. The highest BCUT2D eigenvalue weighted by Gasteiger charge is 2.31. The van der Waals surface area contributed by atoms with Gasteiger partial charge in [0.25, 0.3) is 0 Å². The molecule has 1 saturated heterocycles. The number of aromatic nitrogens is 2. The van der Waals surface area contributed by atoms with Gasteiger partial charge in [0.15, 0.2) is 0 Å². The average molecular weight is 507 g/mol. The van der Waals surface area contributed by atoms with Gasteiger partial charge in [-0.05, 0) is 54.8 Å². The molecule has 0 bridgehead atoms. The van der Waals surface area contributed by atoms with E-state index in [2.05, 4.69) is 15.5 Å². The molecular weight excluding hydrogens is 484 g/mol. The summed E-state index contributed by atoms with van der Waals surface area (Å²) in [5, 5.41) is 12.6. The number of sulfonamides is 1. The van der Waals surface area contributed by atoms with Crippen molar-refractivity contribution in [3.8, 4) is 16.3 Å². The lowest BCUT2D eigenvalue weighted by Crippen LogP contribution is -2.41. The number of carbonyl (C=O) groups excluding carboxylic acids is 1. The van der Waals surface area contributed by atoms with Crippen molar-refractivity contribution in [3.63, 3.8) is 0 Å². The summed E-state index contributed by atoms with van der Waals surface area (Å²) in [6.45, 7) is 0.600. The lowest BCUT2D eigenvalue weighted by Gasteiger charge is -2.30. The van der Waals surface area contributed by atoms with Crippen LogP contribution in [0.25, 0.3) is 10.6 Å². The Morgan fingerprint density at radius 1 is 1.18 bits per heavy atom. The zero-order chi connectivity index (χ0) is 23.4. The van der Waals surface area contributed by atoms with E-state index in [0.29, 0.717) is 46.7 Å². The fraction of sp³-hybridized carbons (Fsp3) is 0.318. The number of nitrogens with one attached hydrogen (secondary N) is 1. The van der Waals surface area contributed by atoms with Gasteiger partial charge in [0.05, 0.1) is 12.9 Å². The number of nitrogens with zero attached hydrogens (tertiary/aromatic N) is 3. The average Bonchev–Trinajstić information content (AvgIpc) is 3.27. The van der Waals surface area contributed by atoms with Crippen molar-refractivity contribution in [2.75, 3.05) is 25.5 Å². The summed E-state index contributed by atoms with van der Waals surface area (Å²) >= 11 is 7.25. The quantitative estimate of drug-likeness (QED) is 0.518. The zero-order valence-electron chi connectivity index (χ0n) is 17.9. The molecule has 1 aromatic heterocycles. The maximum absolute atomic E-state index is 12.8. The molecular formula is C22H23ClN4O4S2. The van der Waals surface area contributed by atoms with Crippen LogP contribution < -0.4 is 10.1 Å². The minimum atomic E-state index is -3.48. The maximum atomic E-state index is 12.8. The molecule has 1 N–H and O–H groups in total. The van der Waals surface area contributed by atoms with Crippen LogP contribution in [0, 0.1) is 5.92 Å². The molecule has 0 radical (unpaired) electrons. The first-order chi connectivity index (χ1) is 15.8. The topological polar surface area (TPSA) is 101 Å². The van der Waals surface area contributed by atoms with Crippen LogP contribution in [0.15, 0.2) is 48.5 Å². The Hall–Kier alpha value is -2.53. The van der Waals surface area contributed by atoms with Gasteiger partial charge in [-0.25, -0.2) is 12.7 Å². The summed E-state index contributed by atoms with van der Waals surface area (Å²) in [5.74, 6) is 0.191. The van der Waals surface area contributed by atoms with Crippen molar-refractivity contribution in [3.05, 3.63) is 59.1 Å². The molecule has 0 spiro atoms. The Labute approximate surface area is 201 Å². The number of amides is 1. The van der Waals surface area contributed by atoms with Gasteiger partial charge in [-0.2, -0.15) is 0 Å². The molecule has 33 heavy (non-hydrogen) atoms. The molecule has 0 aliphatic carbocycles. The van der Waals surface area contributed by atoms with E-state index in [-0.39, 0.29) is 17.6 Å². The molecule has 8 nitrogen and oxygen atoms in total. The number of methoxy groups -OCH3 is 1. The molecule has 1 amide bonds. The van der Waals surface area contributed by atoms with Crippen molar-refractivity contribution < 1.29 is 17.9 Å². The van der Waals surface area contributed by atoms with E-state index in [0.717, 1.165) is 11.3 Å². The molecule has 2 heterocycles. The Morgan fingerprint density at radius 3 is 2.58 bits per heavy atom. The van der Waals surface area contributed by atoms with Crippen LogP contribution >= 0.6 is 22.9 Å². The molecule has 174 valence electrons. The minimum absolute atomic E-state index is 0.108. The number of halogens is 1. The lowest BCUT2D eigenvalue weighted by molar-refractivity contribution is -0.120. The van der Waals surface area contributed by atoms with Gasteiger partial charge in [-0.1, -0.05) is 35.1 Å². The van der Waals surface area contributed by atoms with Crippen LogP contribution in [0.2, 0.25) is 5.02 Å². The predicted molar refractivity (Wildman–Crippen MR) is 129 cm³/mol. The Balaban J connectivity index is 1.32. The fourth-order valence-corrected chi connectivity index (χ4v) is 6.17.